The molecule has 1 N–H and O–H groups in total. The summed E-state index contributed by atoms with van der Waals surface area (Å²) < 4.78 is 5.27. The third-order valence-electron chi connectivity index (χ3n) is 3.33. The van der Waals surface area contributed by atoms with Gasteiger partial charge in [0.2, 0.25) is 0 Å². The van der Waals surface area contributed by atoms with Crippen molar-refractivity contribution in [2.45, 2.75) is 25.8 Å². The number of hydrogen-bond donors (Lipinski definition) is 1. The summed E-state index contributed by atoms with van der Waals surface area (Å²) in [5.74, 6) is -0.666. The minimum Gasteiger partial charge on any atom is -0.481 e. The molecule has 0 spiro atoms. The van der Waals surface area contributed by atoms with Gasteiger partial charge in [-0.2, -0.15) is 0 Å². The van der Waals surface area contributed by atoms with E-state index in [4.69, 9.17) is 9.84 Å². The molecule has 2 rings (SSSR count). The number of hydrogen-bond acceptors (Lipinski definition) is 3. The van der Waals surface area contributed by atoms with Crippen LogP contribution in [0.5, 0.6) is 0 Å². The van der Waals surface area contributed by atoms with Gasteiger partial charge in [-0.05, 0) is 19.8 Å². The molecule has 14 heavy (non-hydrogen) atoms. The van der Waals surface area contributed by atoms with Gasteiger partial charge in [-0.3, -0.25) is 9.69 Å². The van der Waals surface area contributed by atoms with Gasteiger partial charge in [-0.1, -0.05) is 0 Å². The molecule has 4 heteroatoms. The minimum atomic E-state index is -0.666. The van der Waals surface area contributed by atoms with Gasteiger partial charge in [-0.15, -0.1) is 0 Å². The molecule has 2 fully saturated rings. The minimum absolute atomic E-state index is 0.502. The van der Waals surface area contributed by atoms with Crippen molar-refractivity contribution in [3.8, 4) is 0 Å². The Labute approximate surface area is 83.8 Å². The van der Waals surface area contributed by atoms with Gasteiger partial charge in [0.15, 0.2) is 0 Å². The van der Waals surface area contributed by atoms with E-state index in [1.54, 1.807) is 0 Å². The number of carboxylic acids is 1. The highest BCUT2D eigenvalue weighted by atomic mass is 16.5. The van der Waals surface area contributed by atoms with Crippen LogP contribution in [-0.4, -0.2) is 48.3 Å². The first-order valence-electron chi connectivity index (χ1n) is 5.17. The van der Waals surface area contributed by atoms with Crippen molar-refractivity contribution in [1.29, 1.82) is 0 Å². The highest BCUT2D eigenvalue weighted by molar-refractivity contribution is 5.76. The van der Waals surface area contributed by atoms with Crippen molar-refractivity contribution in [2.24, 2.45) is 5.41 Å². The van der Waals surface area contributed by atoms with Gasteiger partial charge in [0.05, 0.1) is 5.41 Å². The molecule has 0 bridgehead atoms. The average molecular weight is 199 g/mol. The summed E-state index contributed by atoms with van der Waals surface area (Å²) in [5, 5.41) is 8.96. The number of aliphatic carboxylic acids is 1. The SMILES string of the molecule is CC1(C(=O)O)CN(C2CCOCC2)C1. The van der Waals surface area contributed by atoms with Crippen molar-refractivity contribution in [2.75, 3.05) is 26.3 Å². The van der Waals surface area contributed by atoms with E-state index in [2.05, 4.69) is 4.90 Å². The zero-order chi connectivity index (χ0) is 10.2. The van der Waals surface area contributed by atoms with Crippen LogP contribution in [0.15, 0.2) is 0 Å². The van der Waals surface area contributed by atoms with E-state index >= 15 is 0 Å². The summed E-state index contributed by atoms with van der Waals surface area (Å²) in [5.41, 5.74) is -0.502. The quantitative estimate of drug-likeness (QED) is 0.706. The molecule has 0 aromatic rings. The first-order chi connectivity index (χ1) is 6.62. The second-order valence-corrected chi connectivity index (χ2v) is 4.61. The highest BCUT2D eigenvalue weighted by Crippen LogP contribution is 2.33. The van der Waals surface area contributed by atoms with E-state index in [9.17, 15) is 4.79 Å². The number of carboxylic acid groups (broad SMARTS) is 1. The van der Waals surface area contributed by atoms with Crippen LogP contribution < -0.4 is 0 Å². The lowest BCUT2D eigenvalue weighted by Gasteiger charge is -2.49. The average Bonchev–Trinajstić information content (AvgIpc) is 2.14. The maximum atomic E-state index is 10.9. The van der Waals surface area contributed by atoms with Crippen LogP contribution >= 0.6 is 0 Å². The molecule has 0 amide bonds. The summed E-state index contributed by atoms with van der Waals surface area (Å²) in [6.07, 6.45) is 2.10. The van der Waals surface area contributed by atoms with Crippen LogP contribution in [-0.2, 0) is 9.53 Å². The van der Waals surface area contributed by atoms with Crippen LogP contribution in [0, 0.1) is 5.41 Å². The predicted octanol–water partition coefficient (Wildman–Crippen LogP) is 0.572. The second-order valence-electron chi connectivity index (χ2n) is 4.61. The smallest absolute Gasteiger partial charge is 0.311 e. The van der Waals surface area contributed by atoms with Crippen LogP contribution in [0.3, 0.4) is 0 Å². The van der Waals surface area contributed by atoms with Crippen LogP contribution in [0.25, 0.3) is 0 Å². The van der Waals surface area contributed by atoms with Crippen molar-refractivity contribution in [3.05, 3.63) is 0 Å². The fourth-order valence-electron chi connectivity index (χ4n) is 2.29. The Balaban J connectivity index is 1.84. The van der Waals surface area contributed by atoms with E-state index in [1.807, 2.05) is 6.92 Å². The van der Waals surface area contributed by atoms with Gasteiger partial charge < -0.3 is 9.84 Å². The molecule has 0 radical (unpaired) electrons. The standard InChI is InChI=1S/C10H17NO3/c1-10(9(12)13)6-11(7-10)8-2-4-14-5-3-8/h8H,2-7H2,1H3,(H,12,13). The van der Waals surface area contributed by atoms with Gasteiger partial charge in [-0.25, -0.2) is 0 Å². The monoisotopic (exact) mass is 199 g/mol. The molecule has 0 aromatic carbocycles. The summed E-state index contributed by atoms with van der Waals surface area (Å²) in [6.45, 7) is 4.88. The molecule has 0 aromatic heterocycles. The molecule has 4 nitrogen and oxygen atoms in total. The topological polar surface area (TPSA) is 49.8 Å². The summed E-state index contributed by atoms with van der Waals surface area (Å²) in [7, 11) is 0. The van der Waals surface area contributed by atoms with Crippen LogP contribution in [0.4, 0.5) is 0 Å². The third kappa shape index (κ3) is 1.64. The van der Waals surface area contributed by atoms with Crippen LogP contribution in [0.2, 0.25) is 0 Å². The molecular weight excluding hydrogens is 182 g/mol. The summed E-state index contributed by atoms with van der Waals surface area (Å²) >= 11 is 0. The Morgan fingerprint density at radius 2 is 2.00 bits per heavy atom. The Morgan fingerprint density at radius 3 is 2.50 bits per heavy atom. The zero-order valence-corrected chi connectivity index (χ0v) is 8.53. The number of likely N-dealkylation sites (tertiary alicyclic amines) is 1. The lowest BCUT2D eigenvalue weighted by atomic mass is 9.80. The normalized spacial score (nSPS) is 28.4. The molecule has 0 aliphatic carbocycles. The molecular formula is C10H17NO3. The predicted molar refractivity (Wildman–Crippen MR) is 51.2 cm³/mol. The van der Waals surface area contributed by atoms with E-state index in [1.165, 1.54) is 0 Å². The first kappa shape index (κ1) is 9.93. The fraction of sp³-hybridized carbons (Fsp3) is 0.900. The Hall–Kier alpha value is -0.610. The van der Waals surface area contributed by atoms with Crippen molar-refractivity contribution in [1.82, 2.24) is 4.90 Å². The van der Waals surface area contributed by atoms with Crippen molar-refractivity contribution >= 4 is 5.97 Å². The Bertz CT molecular complexity index is 230. The van der Waals surface area contributed by atoms with Gasteiger partial charge in [0.1, 0.15) is 0 Å². The summed E-state index contributed by atoms with van der Waals surface area (Å²) in [6, 6.07) is 0.552. The van der Waals surface area contributed by atoms with Crippen LogP contribution in [0.1, 0.15) is 19.8 Å². The number of nitrogens with zero attached hydrogens (tertiary/aromatic N) is 1. The highest BCUT2D eigenvalue weighted by Gasteiger charge is 2.47. The lowest BCUT2D eigenvalue weighted by Crippen LogP contribution is -2.62. The molecule has 80 valence electrons. The molecule has 0 unspecified atom stereocenters. The molecule has 0 saturated carbocycles. The molecule has 2 heterocycles. The molecule has 2 aliphatic rings. The molecule has 2 saturated heterocycles. The summed E-state index contributed by atoms with van der Waals surface area (Å²) in [4.78, 5) is 13.2. The first-order valence-corrected chi connectivity index (χ1v) is 5.17. The van der Waals surface area contributed by atoms with E-state index in [0.717, 1.165) is 26.1 Å². The zero-order valence-electron chi connectivity index (χ0n) is 8.53. The third-order valence-corrected chi connectivity index (χ3v) is 3.33. The largest absolute Gasteiger partial charge is 0.481 e. The van der Waals surface area contributed by atoms with Gasteiger partial charge >= 0.3 is 5.97 Å². The Kier molecular flexibility index (Phi) is 2.49. The second kappa shape index (κ2) is 3.51. The van der Waals surface area contributed by atoms with Crippen molar-refractivity contribution < 1.29 is 14.6 Å². The number of carbonyl (C=O) groups is 1. The van der Waals surface area contributed by atoms with Gasteiger partial charge in [0, 0.05) is 32.3 Å². The molecule has 2 aliphatic heterocycles. The lowest BCUT2D eigenvalue weighted by molar-refractivity contribution is -0.162. The van der Waals surface area contributed by atoms with E-state index in [0.29, 0.717) is 19.1 Å². The maximum Gasteiger partial charge on any atom is 0.311 e. The Morgan fingerprint density at radius 1 is 1.43 bits per heavy atom. The maximum absolute atomic E-state index is 10.9. The number of rotatable bonds is 2. The van der Waals surface area contributed by atoms with E-state index in [-0.39, 0.29) is 0 Å². The van der Waals surface area contributed by atoms with E-state index < -0.39 is 11.4 Å². The van der Waals surface area contributed by atoms with Gasteiger partial charge in [0.25, 0.3) is 0 Å². The fourth-order valence-corrected chi connectivity index (χ4v) is 2.29. The van der Waals surface area contributed by atoms with Crippen molar-refractivity contribution in [3.63, 3.8) is 0 Å². The number of ether oxygens (including phenoxy) is 1. The molecule has 0 atom stereocenters.